The summed E-state index contributed by atoms with van der Waals surface area (Å²) in [7, 11) is 0. The van der Waals surface area contributed by atoms with Crippen LogP contribution in [0, 0.1) is 5.92 Å². The van der Waals surface area contributed by atoms with E-state index in [0.29, 0.717) is 38.8 Å². The molecule has 27 heavy (non-hydrogen) atoms. The molecule has 3 aliphatic rings. The molecular weight excluding hydrogens is 344 g/mol. The van der Waals surface area contributed by atoms with Crippen molar-refractivity contribution in [3.8, 4) is 0 Å². The Morgan fingerprint density at radius 3 is 2.07 bits per heavy atom. The fourth-order valence-corrected chi connectivity index (χ4v) is 4.47. The maximum atomic E-state index is 12.9. The van der Waals surface area contributed by atoms with Crippen LogP contribution in [0.1, 0.15) is 58.8 Å². The molecule has 1 N–H and O–H groups in total. The Hall–Kier alpha value is -1.79. The zero-order chi connectivity index (χ0) is 19.4. The lowest BCUT2D eigenvalue weighted by Crippen LogP contribution is -2.57. The quantitative estimate of drug-likeness (QED) is 0.814. The van der Waals surface area contributed by atoms with Crippen molar-refractivity contribution >= 4 is 17.8 Å². The summed E-state index contributed by atoms with van der Waals surface area (Å²) in [5.41, 5.74) is 0. The summed E-state index contributed by atoms with van der Waals surface area (Å²) >= 11 is 0. The zero-order valence-electron chi connectivity index (χ0n) is 16.8. The van der Waals surface area contributed by atoms with Gasteiger partial charge in [0.1, 0.15) is 6.04 Å². The summed E-state index contributed by atoms with van der Waals surface area (Å²) in [5.74, 6) is 0.0314. The molecule has 0 bridgehead atoms. The predicted molar refractivity (Wildman–Crippen MR) is 103 cm³/mol. The largest absolute Gasteiger partial charge is 0.337 e. The van der Waals surface area contributed by atoms with Crippen LogP contribution in [0.15, 0.2) is 0 Å². The molecule has 2 saturated heterocycles. The van der Waals surface area contributed by atoms with Crippen molar-refractivity contribution in [1.29, 1.82) is 0 Å². The van der Waals surface area contributed by atoms with Gasteiger partial charge in [0.2, 0.25) is 11.8 Å². The van der Waals surface area contributed by atoms with Crippen LogP contribution in [0.2, 0.25) is 0 Å². The maximum Gasteiger partial charge on any atom is 0.317 e. The van der Waals surface area contributed by atoms with Crippen molar-refractivity contribution < 1.29 is 14.4 Å². The fraction of sp³-hybridized carbons (Fsp3) is 0.850. The van der Waals surface area contributed by atoms with Gasteiger partial charge in [-0.05, 0) is 25.7 Å². The Labute approximate surface area is 162 Å². The predicted octanol–water partition coefficient (Wildman–Crippen LogP) is 1.82. The molecule has 152 valence electrons. The first-order valence-electron chi connectivity index (χ1n) is 10.6. The van der Waals surface area contributed by atoms with Gasteiger partial charge < -0.3 is 20.0 Å². The van der Waals surface area contributed by atoms with E-state index in [0.717, 1.165) is 25.7 Å². The molecule has 0 aromatic rings. The summed E-state index contributed by atoms with van der Waals surface area (Å²) in [4.78, 5) is 43.2. The first kappa shape index (κ1) is 20.0. The second-order valence-electron chi connectivity index (χ2n) is 8.44. The Kier molecular flexibility index (Phi) is 6.60. The third-order valence-electron chi connectivity index (χ3n) is 6.13. The molecule has 7 heteroatoms. The van der Waals surface area contributed by atoms with Crippen LogP contribution in [0.25, 0.3) is 0 Å². The monoisotopic (exact) mass is 378 g/mol. The number of amides is 4. The number of nitrogens with one attached hydrogen (secondary N) is 1. The molecule has 1 saturated carbocycles. The van der Waals surface area contributed by atoms with E-state index in [1.54, 1.807) is 4.90 Å². The second-order valence-corrected chi connectivity index (χ2v) is 8.44. The summed E-state index contributed by atoms with van der Waals surface area (Å²) in [5, 5.41) is 3.15. The van der Waals surface area contributed by atoms with Crippen LogP contribution < -0.4 is 5.32 Å². The average Bonchev–Trinajstić information content (AvgIpc) is 3.17. The number of urea groups is 1. The van der Waals surface area contributed by atoms with Crippen molar-refractivity contribution in [3.05, 3.63) is 0 Å². The van der Waals surface area contributed by atoms with Crippen LogP contribution in [-0.2, 0) is 9.59 Å². The van der Waals surface area contributed by atoms with E-state index in [1.807, 2.05) is 23.6 Å². The molecule has 1 atom stereocenters. The molecule has 1 unspecified atom stereocenters. The van der Waals surface area contributed by atoms with Gasteiger partial charge >= 0.3 is 6.03 Å². The van der Waals surface area contributed by atoms with E-state index in [4.69, 9.17) is 0 Å². The van der Waals surface area contributed by atoms with Crippen molar-refractivity contribution in [2.45, 2.75) is 70.9 Å². The number of piperazine rings is 1. The van der Waals surface area contributed by atoms with Crippen molar-refractivity contribution in [2.75, 3.05) is 32.7 Å². The molecule has 1 aliphatic carbocycles. The Balaban J connectivity index is 1.48. The second kappa shape index (κ2) is 8.93. The van der Waals surface area contributed by atoms with Gasteiger partial charge in [0.15, 0.2) is 0 Å². The fourth-order valence-electron chi connectivity index (χ4n) is 4.47. The highest BCUT2D eigenvalue weighted by molar-refractivity contribution is 5.89. The van der Waals surface area contributed by atoms with E-state index in [2.05, 4.69) is 5.32 Å². The molecule has 2 heterocycles. The SMILES string of the molecule is CC(C)C(=O)N1CCCC1C(=O)N1CCN(C(=O)NC2CCCCC2)CC1. The number of nitrogens with zero attached hydrogens (tertiary/aromatic N) is 3. The van der Waals surface area contributed by atoms with Crippen LogP contribution in [-0.4, -0.2) is 77.4 Å². The molecule has 4 amide bonds. The number of carbonyl (C=O) groups is 3. The van der Waals surface area contributed by atoms with Gasteiger partial charge in [-0.1, -0.05) is 33.1 Å². The van der Waals surface area contributed by atoms with Gasteiger partial charge in [0.25, 0.3) is 0 Å². The summed E-state index contributed by atoms with van der Waals surface area (Å²) in [6, 6.07) is -0.00556. The molecule has 0 aromatic heterocycles. The number of hydrogen-bond donors (Lipinski definition) is 1. The summed E-state index contributed by atoms with van der Waals surface area (Å²) < 4.78 is 0. The van der Waals surface area contributed by atoms with E-state index in [1.165, 1.54) is 19.3 Å². The van der Waals surface area contributed by atoms with E-state index < -0.39 is 0 Å². The maximum absolute atomic E-state index is 12.9. The highest BCUT2D eigenvalue weighted by Gasteiger charge is 2.38. The lowest BCUT2D eigenvalue weighted by molar-refractivity contribution is -0.146. The Morgan fingerprint density at radius 1 is 0.815 bits per heavy atom. The van der Waals surface area contributed by atoms with E-state index in [-0.39, 0.29) is 29.8 Å². The normalized spacial score (nSPS) is 24.4. The average molecular weight is 379 g/mol. The Bertz CT molecular complexity index is 551. The first-order chi connectivity index (χ1) is 13.0. The number of rotatable bonds is 3. The summed E-state index contributed by atoms with van der Waals surface area (Å²) in [6.45, 7) is 6.67. The van der Waals surface area contributed by atoms with E-state index in [9.17, 15) is 14.4 Å². The van der Waals surface area contributed by atoms with Crippen molar-refractivity contribution in [1.82, 2.24) is 20.0 Å². The third kappa shape index (κ3) is 4.74. The number of carbonyl (C=O) groups excluding carboxylic acids is 3. The standard InChI is InChI=1S/C20H34N4O3/c1-15(2)18(25)24-10-6-9-17(24)19(26)22-11-13-23(14-12-22)20(27)21-16-7-4-3-5-8-16/h15-17H,3-14H2,1-2H3,(H,21,27). The Morgan fingerprint density at radius 2 is 1.44 bits per heavy atom. The van der Waals surface area contributed by atoms with E-state index >= 15 is 0 Å². The molecular formula is C20H34N4O3. The van der Waals surface area contributed by atoms with Gasteiger partial charge in [-0.3, -0.25) is 9.59 Å². The van der Waals surface area contributed by atoms with Crippen LogP contribution in [0.4, 0.5) is 4.79 Å². The lowest BCUT2D eigenvalue weighted by atomic mass is 9.96. The topological polar surface area (TPSA) is 73.0 Å². The number of hydrogen-bond acceptors (Lipinski definition) is 3. The first-order valence-corrected chi connectivity index (χ1v) is 10.6. The molecule has 3 fully saturated rings. The highest BCUT2D eigenvalue weighted by atomic mass is 16.2. The van der Waals surface area contributed by atoms with Gasteiger partial charge in [-0.15, -0.1) is 0 Å². The zero-order valence-corrected chi connectivity index (χ0v) is 16.8. The minimum atomic E-state index is -0.317. The third-order valence-corrected chi connectivity index (χ3v) is 6.13. The van der Waals surface area contributed by atoms with Crippen molar-refractivity contribution in [3.63, 3.8) is 0 Å². The van der Waals surface area contributed by atoms with Crippen LogP contribution in [0.3, 0.4) is 0 Å². The van der Waals surface area contributed by atoms with Crippen LogP contribution >= 0.6 is 0 Å². The minimum absolute atomic E-state index is 0.00600. The molecule has 7 nitrogen and oxygen atoms in total. The molecule has 3 rings (SSSR count). The molecule has 0 aromatic carbocycles. The van der Waals surface area contributed by atoms with Gasteiger partial charge in [0, 0.05) is 44.7 Å². The molecule has 0 spiro atoms. The summed E-state index contributed by atoms with van der Waals surface area (Å²) in [6.07, 6.45) is 7.44. The highest BCUT2D eigenvalue weighted by Crippen LogP contribution is 2.22. The van der Waals surface area contributed by atoms with Crippen LogP contribution in [0.5, 0.6) is 0 Å². The van der Waals surface area contributed by atoms with Gasteiger partial charge in [-0.2, -0.15) is 0 Å². The number of likely N-dealkylation sites (tertiary alicyclic amines) is 1. The minimum Gasteiger partial charge on any atom is -0.337 e. The smallest absolute Gasteiger partial charge is 0.317 e. The van der Waals surface area contributed by atoms with Gasteiger partial charge in [-0.25, -0.2) is 4.79 Å². The van der Waals surface area contributed by atoms with Gasteiger partial charge in [0.05, 0.1) is 0 Å². The lowest BCUT2D eigenvalue weighted by Gasteiger charge is -2.38. The van der Waals surface area contributed by atoms with Crippen molar-refractivity contribution in [2.24, 2.45) is 5.92 Å². The molecule has 2 aliphatic heterocycles. The molecule has 0 radical (unpaired) electrons.